The molecule has 1 amide bonds. The lowest BCUT2D eigenvalue weighted by molar-refractivity contribution is -0.122. The molecule has 6 nitrogen and oxygen atoms in total. The van der Waals surface area contributed by atoms with Gasteiger partial charge in [-0.3, -0.25) is 4.79 Å². The van der Waals surface area contributed by atoms with E-state index in [1.54, 1.807) is 19.4 Å². The second-order valence-corrected chi connectivity index (χ2v) is 4.73. The molecule has 1 aliphatic rings. The number of hydrogen-bond donors (Lipinski definition) is 2. The van der Waals surface area contributed by atoms with Gasteiger partial charge >= 0.3 is 0 Å². The summed E-state index contributed by atoms with van der Waals surface area (Å²) in [4.78, 5) is 16.3. The first-order valence-electron chi connectivity index (χ1n) is 6.87. The minimum absolute atomic E-state index is 0.0286. The lowest BCUT2D eigenvalue weighted by Gasteiger charge is -2.20. The molecule has 110 valence electrons. The van der Waals surface area contributed by atoms with E-state index in [1.165, 1.54) is 0 Å². The normalized spacial score (nSPS) is 15.8. The summed E-state index contributed by atoms with van der Waals surface area (Å²) in [5.41, 5.74) is 0.908. The Morgan fingerprint density at radius 1 is 1.45 bits per heavy atom. The quantitative estimate of drug-likeness (QED) is 0.772. The number of methoxy groups -OCH3 is 1. The number of amides is 1. The van der Waals surface area contributed by atoms with Crippen molar-refractivity contribution in [1.29, 1.82) is 0 Å². The molecule has 1 aromatic rings. The van der Waals surface area contributed by atoms with E-state index in [0.29, 0.717) is 25.6 Å². The number of rotatable bonds is 6. The summed E-state index contributed by atoms with van der Waals surface area (Å²) in [6, 6.07) is 3.69. The third kappa shape index (κ3) is 4.47. The molecule has 2 heterocycles. The van der Waals surface area contributed by atoms with Crippen LogP contribution in [0.25, 0.3) is 0 Å². The Hall–Kier alpha value is -1.66. The molecule has 0 spiro atoms. The monoisotopic (exact) mass is 279 g/mol. The van der Waals surface area contributed by atoms with Crippen molar-refractivity contribution < 1.29 is 14.3 Å². The molecule has 0 atom stereocenters. The van der Waals surface area contributed by atoms with Crippen molar-refractivity contribution in [2.75, 3.05) is 44.1 Å². The summed E-state index contributed by atoms with van der Waals surface area (Å²) >= 11 is 0. The summed E-state index contributed by atoms with van der Waals surface area (Å²) in [6.07, 6.45) is 3.26. The first-order chi connectivity index (χ1) is 9.79. The van der Waals surface area contributed by atoms with E-state index in [2.05, 4.69) is 15.6 Å². The third-order valence-corrected chi connectivity index (χ3v) is 3.24. The zero-order chi connectivity index (χ0) is 14.2. The maximum Gasteiger partial charge on any atom is 0.228 e. The van der Waals surface area contributed by atoms with Crippen LogP contribution in [0.2, 0.25) is 0 Å². The zero-order valence-corrected chi connectivity index (χ0v) is 11.7. The van der Waals surface area contributed by atoms with Crippen LogP contribution in [-0.4, -0.2) is 44.4 Å². The maximum atomic E-state index is 12.0. The van der Waals surface area contributed by atoms with Crippen LogP contribution in [0, 0.1) is 5.92 Å². The Bertz CT molecular complexity index is 416. The minimum Gasteiger partial charge on any atom is -0.383 e. The van der Waals surface area contributed by atoms with Gasteiger partial charge in [-0.1, -0.05) is 0 Å². The Morgan fingerprint density at radius 2 is 2.25 bits per heavy atom. The highest BCUT2D eigenvalue weighted by Gasteiger charge is 2.21. The number of nitrogens with zero attached hydrogens (tertiary/aromatic N) is 1. The van der Waals surface area contributed by atoms with Gasteiger partial charge in [0.25, 0.3) is 0 Å². The first kappa shape index (κ1) is 14.7. The van der Waals surface area contributed by atoms with E-state index in [9.17, 15) is 4.79 Å². The highest BCUT2D eigenvalue weighted by Crippen LogP contribution is 2.17. The summed E-state index contributed by atoms with van der Waals surface area (Å²) < 4.78 is 10.2. The predicted octanol–water partition coefficient (Wildman–Crippen LogP) is 1.50. The molecule has 0 aromatic carbocycles. The Morgan fingerprint density at radius 3 is 2.90 bits per heavy atom. The number of anilines is 2. The molecule has 0 bridgehead atoms. The van der Waals surface area contributed by atoms with Crippen LogP contribution in [-0.2, 0) is 14.3 Å². The van der Waals surface area contributed by atoms with Gasteiger partial charge in [0.1, 0.15) is 5.82 Å². The third-order valence-electron chi connectivity index (χ3n) is 3.24. The molecule has 0 saturated carbocycles. The molecule has 6 heteroatoms. The van der Waals surface area contributed by atoms with Gasteiger partial charge in [-0.2, -0.15) is 0 Å². The average Bonchev–Trinajstić information content (AvgIpc) is 2.50. The van der Waals surface area contributed by atoms with Crippen LogP contribution >= 0.6 is 0 Å². The zero-order valence-electron chi connectivity index (χ0n) is 11.7. The molecular weight excluding hydrogens is 258 g/mol. The molecule has 0 aliphatic carbocycles. The highest BCUT2D eigenvalue weighted by molar-refractivity contribution is 5.91. The van der Waals surface area contributed by atoms with Crippen LogP contribution in [0.15, 0.2) is 18.3 Å². The van der Waals surface area contributed by atoms with Gasteiger partial charge < -0.3 is 20.1 Å². The molecule has 1 aromatic heterocycles. The fourth-order valence-corrected chi connectivity index (χ4v) is 2.06. The van der Waals surface area contributed by atoms with E-state index in [4.69, 9.17) is 9.47 Å². The lowest BCUT2D eigenvalue weighted by Crippen LogP contribution is -2.28. The molecule has 0 radical (unpaired) electrons. The molecule has 20 heavy (non-hydrogen) atoms. The van der Waals surface area contributed by atoms with Gasteiger partial charge in [-0.05, 0) is 25.0 Å². The van der Waals surface area contributed by atoms with Crippen LogP contribution in [0.1, 0.15) is 12.8 Å². The van der Waals surface area contributed by atoms with Crippen molar-refractivity contribution >= 4 is 17.4 Å². The van der Waals surface area contributed by atoms with Crippen molar-refractivity contribution in [2.24, 2.45) is 5.92 Å². The van der Waals surface area contributed by atoms with Crippen LogP contribution in [0.5, 0.6) is 0 Å². The van der Waals surface area contributed by atoms with Crippen molar-refractivity contribution in [1.82, 2.24) is 4.98 Å². The first-order valence-corrected chi connectivity index (χ1v) is 6.87. The van der Waals surface area contributed by atoms with E-state index < -0.39 is 0 Å². The van der Waals surface area contributed by atoms with E-state index >= 15 is 0 Å². The number of aromatic nitrogens is 1. The highest BCUT2D eigenvalue weighted by atomic mass is 16.5. The van der Waals surface area contributed by atoms with E-state index in [-0.39, 0.29) is 11.8 Å². The minimum atomic E-state index is 0.0286. The van der Waals surface area contributed by atoms with Crippen LogP contribution in [0.3, 0.4) is 0 Å². The summed E-state index contributed by atoms with van der Waals surface area (Å²) in [5.74, 6) is 0.643. The summed E-state index contributed by atoms with van der Waals surface area (Å²) in [5, 5.41) is 6.02. The van der Waals surface area contributed by atoms with E-state index in [0.717, 1.165) is 25.1 Å². The van der Waals surface area contributed by atoms with Gasteiger partial charge in [-0.25, -0.2) is 4.98 Å². The molecule has 2 N–H and O–H groups in total. The van der Waals surface area contributed by atoms with E-state index in [1.807, 2.05) is 6.07 Å². The van der Waals surface area contributed by atoms with Crippen LogP contribution < -0.4 is 10.6 Å². The Labute approximate surface area is 118 Å². The SMILES string of the molecule is COCCNc1ccc(NC(=O)C2CCOCC2)nc1. The summed E-state index contributed by atoms with van der Waals surface area (Å²) in [6.45, 7) is 2.69. The molecule has 0 unspecified atom stereocenters. The van der Waals surface area contributed by atoms with Gasteiger partial charge in [0.05, 0.1) is 18.5 Å². The smallest absolute Gasteiger partial charge is 0.228 e. The van der Waals surface area contributed by atoms with Gasteiger partial charge in [0.2, 0.25) is 5.91 Å². The van der Waals surface area contributed by atoms with Crippen molar-refractivity contribution in [3.05, 3.63) is 18.3 Å². The van der Waals surface area contributed by atoms with Crippen molar-refractivity contribution in [3.63, 3.8) is 0 Å². The number of carbonyl (C=O) groups excluding carboxylic acids is 1. The van der Waals surface area contributed by atoms with Gasteiger partial charge in [-0.15, -0.1) is 0 Å². The second-order valence-electron chi connectivity index (χ2n) is 4.73. The number of ether oxygens (including phenoxy) is 2. The standard InChI is InChI=1S/C14H21N3O3/c1-19-9-6-15-12-2-3-13(16-10-12)17-14(18)11-4-7-20-8-5-11/h2-3,10-11,15H,4-9H2,1H3,(H,16,17,18). The fraction of sp³-hybridized carbons (Fsp3) is 0.571. The van der Waals surface area contributed by atoms with Crippen molar-refractivity contribution in [3.8, 4) is 0 Å². The molecular formula is C14H21N3O3. The van der Waals surface area contributed by atoms with Crippen molar-refractivity contribution in [2.45, 2.75) is 12.8 Å². The Balaban J connectivity index is 1.81. The summed E-state index contributed by atoms with van der Waals surface area (Å²) in [7, 11) is 1.66. The topological polar surface area (TPSA) is 72.5 Å². The molecule has 2 rings (SSSR count). The van der Waals surface area contributed by atoms with Gasteiger partial charge in [0, 0.05) is 32.8 Å². The fourth-order valence-electron chi connectivity index (χ4n) is 2.06. The number of pyridine rings is 1. The number of nitrogens with one attached hydrogen (secondary N) is 2. The van der Waals surface area contributed by atoms with Crippen LogP contribution in [0.4, 0.5) is 11.5 Å². The molecule has 1 fully saturated rings. The Kier molecular flexibility index (Phi) is 5.76. The largest absolute Gasteiger partial charge is 0.383 e. The molecule has 1 aliphatic heterocycles. The maximum absolute atomic E-state index is 12.0. The molecule has 1 saturated heterocycles. The lowest BCUT2D eigenvalue weighted by atomic mass is 9.99. The van der Waals surface area contributed by atoms with Gasteiger partial charge in [0.15, 0.2) is 0 Å². The average molecular weight is 279 g/mol. The predicted molar refractivity (Wildman–Crippen MR) is 76.8 cm³/mol. The number of hydrogen-bond acceptors (Lipinski definition) is 5. The number of carbonyl (C=O) groups is 1. The second kappa shape index (κ2) is 7.81.